The van der Waals surface area contributed by atoms with Crippen molar-refractivity contribution in [1.82, 2.24) is 9.55 Å². The van der Waals surface area contributed by atoms with Crippen molar-refractivity contribution in [2.75, 3.05) is 7.05 Å². The van der Waals surface area contributed by atoms with Crippen LogP contribution in [0.1, 0.15) is 11.4 Å². The number of fused-ring (bicyclic) bond motifs is 1. The molecule has 9 heteroatoms. The molecule has 7 nitrogen and oxygen atoms in total. The first-order valence-corrected chi connectivity index (χ1v) is 8.95. The molecule has 0 fully saturated rings. The maximum atomic E-state index is 12.8. The number of ether oxygens (including phenoxy) is 1. The molecule has 0 bridgehead atoms. The molecule has 0 aliphatic rings. The number of benzene rings is 2. The second-order valence-electron chi connectivity index (χ2n) is 6.74. The number of primary amides is 1. The largest absolute Gasteiger partial charge is 0.435 e. The summed E-state index contributed by atoms with van der Waals surface area (Å²) in [4.78, 5) is 29.8. The fourth-order valence-corrected chi connectivity index (χ4v) is 3.14. The van der Waals surface area contributed by atoms with E-state index in [9.17, 15) is 18.4 Å². The number of hydrogen-bond acceptors (Lipinski definition) is 4. The molecule has 1 amide bonds. The maximum Gasteiger partial charge on any atom is 0.387 e. The number of amides is 1. The van der Waals surface area contributed by atoms with E-state index in [0.29, 0.717) is 29.8 Å². The summed E-state index contributed by atoms with van der Waals surface area (Å²) in [7, 11) is 1.90. The summed E-state index contributed by atoms with van der Waals surface area (Å²) in [6.07, 6.45) is 0. The van der Waals surface area contributed by atoms with Crippen molar-refractivity contribution in [3.63, 3.8) is 0 Å². The zero-order valence-corrected chi connectivity index (χ0v) is 15.8. The average molecular weight is 403 g/mol. The average Bonchev–Trinajstić information content (AvgIpc) is 2.66. The van der Waals surface area contributed by atoms with Gasteiger partial charge in [-0.3, -0.25) is 14.2 Å². The molecule has 0 spiro atoms. The molecule has 3 rings (SSSR count). The number of quaternary nitrogens is 1. The molecule has 1 unspecified atom stereocenters. The van der Waals surface area contributed by atoms with Gasteiger partial charge in [0.2, 0.25) is 5.91 Å². The Morgan fingerprint density at radius 1 is 1.17 bits per heavy atom. The summed E-state index contributed by atoms with van der Waals surface area (Å²) >= 11 is 0. The first-order chi connectivity index (χ1) is 13.8. The monoisotopic (exact) mass is 403 g/mol. The number of hydrogen-bond donors (Lipinski definition) is 2. The van der Waals surface area contributed by atoms with Crippen molar-refractivity contribution in [3.05, 3.63) is 70.3 Å². The molecule has 29 heavy (non-hydrogen) atoms. The lowest BCUT2D eigenvalue weighted by molar-refractivity contribution is -0.908. The summed E-state index contributed by atoms with van der Waals surface area (Å²) in [5, 5.41) is 0.421. The van der Waals surface area contributed by atoms with E-state index in [1.54, 1.807) is 36.4 Å². The van der Waals surface area contributed by atoms with Crippen molar-refractivity contribution in [2.45, 2.75) is 26.2 Å². The molecule has 152 valence electrons. The van der Waals surface area contributed by atoms with Crippen molar-refractivity contribution in [1.29, 1.82) is 0 Å². The number of nitrogens with one attached hydrogen (secondary N) is 1. The second kappa shape index (κ2) is 8.78. The van der Waals surface area contributed by atoms with Gasteiger partial charge in [-0.25, -0.2) is 4.98 Å². The normalized spacial score (nSPS) is 12.3. The van der Waals surface area contributed by atoms with Crippen LogP contribution in [0, 0.1) is 0 Å². The fraction of sp³-hybridized carbons (Fsp3) is 0.250. The van der Waals surface area contributed by atoms with Crippen LogP contribution < -0.4 is 20.9 Å². The van der Waals surface area contributed by atoms with Gasteiger partial charge in [0.05, 0.1) is 18.0 Å². The molecule has 0 saturated carbocycles. The van der Waals surface area contributed by atoms with Gasteiger partial charge in [0.15, 0.2) is 5.82 Å². The van der Waals surface area contributed by atoms with Gasteiger partial charge in [0.25, 0.3) is 5.56 Å². The number of aromatic nitrogens is 2. The van der Waals surface area contributed by atoms with Gasteiger partial charge < -0.3 is 15.4 Å². The van der Waals surface area contributed by atoms with Crippen LogP contribution in [0.25, 0.3) is 10.9 Å². The van der Waals surface area contributed by atoms with Crippen LogP contribution in [0.2, 0.25) is 0 Å². The molecule has 0 saturated heterocycles. The van der Waals surface area contributed by atoms with Gasteiger partial charge in [-0.2, -0.15) is 8.78 Å². The van der Waals surface area contributed by atoms with E-state index in [1.165, 1.54) is 16.7 Å². The minimum Gasteiger partial charge on any atom is -0.435 e. The number of nitrogens with zero attached hydrogens (tertiary/aromatic N) is 2. The topological polar surface area (TPSA) is 91.7 Å². The lowest BCUT2D eigenvalue weighted by Gasteiger charge is -2.17. The molecule has 2 aromatic carbocycles. The van der Waals surface area contributed by atoms with Gasteiger partial charge in [-0.1, -0.05) is 12.1 Å². The number of carbonyl (C=O) groups is 1. The fourth-order valence-electron chi connectivity index (χ4n) is 3.14. The van der Waals surface area contributed by atoms with Gasteiger partial charge >= 0.3 is 6.61 Å². The van der Waals surface area contributed by atoms with E-state index in [4.69, 9.17) is 5.73 Å². The summed E-state index contributed by atoms with van der Waals surface area (Å²) in [6.45, 7) is -2.20. The molecular weight excluding hydrogens is 382 g/mol. The standard InChI is InChI=1S/C20H20F2N4O3/c1-25(10-13-6-8-14(9-7-13)29-20(21)22)12-18-24-16-5-3-2-4-15(16)19(28)26(18)11-17(23)27/h2-9,20H,10-12H2,1H3,(H2,23,27)/p+1. The number of halogens is 2. The highest BCUT2D eigenvalue weighted by Gasteiger charge is 2.16. The van der Waals surface area contributed by atoms with E-state index in [0.717, 1.165) is 10.5 Å². The summed E-state index contributed by atoms with van der Waals surface area (Å²) in [5.41, 5.74) is 6.44. The predicted molar refractivity (Wildman–Crippen MR) is 103 cm³/mol. The van der Waals surface area contributed by atoms with Gasteiger partial charge in [-0.05, 0) is 36.4 Å². The van der Waals surface area contributed by atoms with Crippen molar-refractivity contribution in [3.8, 4) is 5.75 Å². The number of para-hydroxylation sites is 1. The highest BCUT2D eigenvalue weighted by atomic mass is 19.3. The number of alkyl halides is 2. The molecule has 0 radical (unpaired) electrons. The summed E-state index contributed by atoms with van der Waals surface area (Å²) < 4.78 is 30.1. The highest BCUT2D eigenvalue weighted by Crippen LogP contribution is 2.14. The van der Waals surface area contributed by atoms with E-state index in [1.807, 2.05) is 7.05 Å². The Labute approximate surface area is 165 Å². The second-order valence-corrected chi connectivity index (χ2v) is 6.74. The van der Waals surface area contributed by atoms with Crippen LogP contribution in [-0.4, -0.2) is 29.1 Å². The van der Waals surface area contributed by atoms with E-state index in [2.05, 4.69) is 9.72 Å². The highest BCUT2D eigenvalue weighted by molar-refractivity contribution is 5.78. The van der Waals surface area contributed by atoms with Gasteiger partial charge in [-0.15, -0.1) is 0 Å². The molecule has 1 atom stereocenters. The molecule has 3 aromatic rings. The van der Waals surface area contributed by atoms with Crippen LogP contribution in [0.3, 0.4) is 0 Å². The van der Waals surface area contributed by atoms with Crippen LogP contribution >= 0.6 is 0 Å². The number of rotatable bonds is 8. The Bertz CT molecular complexity index is 1070. The lowest BCUT2D eigenvalue weighted by Crippen LogP contribution is -3.06. The predicted octanol–water partition coefficient (Wildman–Crippen LogP) is 0.698. The van der Waals surface area contributed by atoms with Crippen LogP contribution in [0.4, 0.5) is 8.78 Å². The molecule has 0 aliphatic heterocycles. The summed E-state index contributed by atoms with van der Waals surface area (Å²) in [5.74, 6) is -0.0896. The van der Waals surface area contributed by atoms with Crippen LogP contribution in [0.5, 0.6) is 5.75 Å². The summed E-state index contributed by atoms with van der Waals surface area (Å²) in [6, 6.07) is 13.3. The Hall–Kier alpha value is -3.33. The molecule has 1 aromatic heterocycles. The third kappa shape index (κ3) is 5.14. The number of nitrogens with two attached hydrogens (primary N) is 1. The maximum absolute atomic E-state index is 12.8. The molecule has 1 heterocycles. The molecule has 0 aliphatic carbocycles. The van der Waals surface area contributed by atoms with E-state index < -0.39 is 12.5 Å². The van der Waals surface area contributed by atoms with Crippen molar-refractivity contribution < 1.29 is 23.2 Å². The third-order valence-corrected chi connectivity index (χ3v) is 4.37. The Balaban J connectivity index is 1.82. The first kappa shape index (κ1) is 20.4. The smallest absolute Gasteiger partial charge is 0.387 e. The Morgan fingerprint density at radius 2 is 1.86 bits per heavy atom. The third-order valence-electron chi connectivity index (χ3n) is 4.37. The van der Waals surface area contributed by atoms with Crippen molar-refractivity contribution in [2.24, 2.45) is 5.73 Å². The van der Waals surface area contributed by atoms with Crippen LogP contribution in [0.15, 0.2) is 53.3 Å². The minimum atomic E-state index is -2.87. The van der Waals surface area contributed by atoms with Crippen molar-refractivity contribution >= 4 is 16.8 Å². The zero-order chi connectivity index (χ0) is 21.0. The Morgan fingerprint density at radius 3 is 2.52 bits per heavy atom. The van der Waals surface area contributed by atoms with Crippen LogP contribution in [-0.2, 0) is 24.4 Å². The quantitative estimate of drug-likeness (QED) is 0.579. The van der Waals surface area contributed by atoms with E-state index in [-0.39, 0.29) is 17.9 Å². The lowest BCUT2D eigenvalue weighted by atomic mass is 10.2. The SMILES string of the molecule is C[NH+](Cc1ccc(OC(F)F)cc1)Cc1nc2ccccc2c(=O)n1CC(N)=O. The van der Waals surface area contributed by atoms with Gasteiger partial charge in [0, 0.05) is 5.56 Å². The number of carbonyl (C=O) groups excluding carboxylic acids is 1. The first-order valence-electron chi connectivity index (χ1n) is 8.95. The van der Waals surface area contributed by atoms with Gasteiger partial charge in [0.1, 0.15) is 25.4 Å². The molecular formula is C20H21F2N4O3+. The zero-order valence-electron chi connectivity index (χ0n) is 15.8. The Kier molecular flexibility index (Phi) is 6.18. The molecule has 3 N–H and O–H groups in total. The van der Waals surface area contributed by atoms with E-state index >= 15 is 0 Å². The minimum absolute atomic E-state index is 0.0906.